The van der Waals surface area contributed by atoms with Crippen LogP contribution in [0.15, 0.2) is 35.1 Å². The molecular weight excluding hydrogens is 336 g/mol. The Morgan fingerprint density at radius 2 is 2.28 bits per heavy atom. The van der Waals surface area contributed by atoms with Crippen molar-refractivity contribution in [2.75, 3.05) is 7.05 Å². The number of hydrogen-bond acceptors (Lipinski definition) is 3. The highest BCUT2D eigenvalue weighted by Crippen LogP contribution is 2.23. The van der Waals surface area contributed by atoms with Crippen molar-refractivity contribution >= 4 is 44.8 Å². The van der Waals surface area contributed by atoms with Crippen molar-refractivity contribution in [2.45, 2.75) is 6.54 Å². The molecule has 0 spiro atoms. The summed E-state index contributed by atoms with van der Waals surface area (Å²) in [7, 11) is 1.77. The number of halogens is 2. The van der Waals surface area contributed by atoms with E-state index in [4.69, 9.17) is 11.6 Å². The first kappa shape index (κ1) is 13.5. The highest BCUT2D eigenvalue weighted by atomic mass is 79.9. The lowest BCUT2D eigenvalue weighted by Crippen LogP contribution is -2.25. The second-order valence-corrected chi connectivity index (χ2v) is 6.35. The SMILES string of the molecule is CN(Cc1ccc(Cl)s1)C(=O)c1ccnc(Br)c1. The van der Waals surface area contributed by atoms with Crippen LogP contribution in [0.3, 0.4) is 0 Å². The van der Waals surface area contributed by atoms with E-state index in [0.29, 0.717) is 16.7 Å². The summed E-state index contributed by atoms with van der Waals surface area (Å²) in [6.07, 6.45) is 1.60. The second-order valence-electron chi connectivity index (χ2n) is 3.73. The molecule has 0 fully saturated rings. The van der Waals surface area contributed by atoms with Crippen LogP contribution in [0.4, 0.5) is 0 Å². The number of amides is 1. The van der Waals surface area contributed by atoms with Gasteiger partial charge in [0.15, 0.2) is 0 Å². The van der Waals surface area contributed by atoms with Gasteiger partial charge in [-0.25, -0.2) is 4.98 Å². The average Bonchev–Trinajstić information content (AvgIpc) is 2.73. The number of carbonyl (C=O) groups is 1. The normalized spacial score (nSPS) is 10.4. The zero-order valence-electron chi connectivity index (χ0n) is 9.56. The molecule has 94 valence electrons. The summed E-state index contributed by atoms with van der Waals surface area (Å²) < 4.78 is 1.39. The van der Waals surface area contributed by atoms with Gasteiger partial charge in [-0.2, -0.15) is 0 Å². The van der Waals surface area contributed by atoms with Crippen molar-refractivity contribution in [2.24, 2.45) is 0 Å². The van der Waals surface area contributed by atoms with Crippen molar-refractivity contribution in [1.82, 2.24) is 9.88 Å². The molecule has 0 aliphatic rings. The van der Waals surface area contributed by atoms with E-state index >= 15 is 0 Å². The summed E-state index contributed by atoms with van der Waals surface area (Å²) in [6, 6.07) is 7.17. The van der Waals surface area contributed by atoms with Crippen molar-refractivity contribution in [3.8, 4) is 0 Å². The summed E-state index contributed by atoms with van der Waals surface area (Å²) in [5.41, 5.74) is 0.613. The highest BCUT2D eigenvalue weighted by Gasteiger charge is 2.13. The van der Waals surface area contributed by atoms with Crippen molar-refractivity contribution < 1.29 is 4.79 Å². The number of pyridine rings is 1. The fraction of sp³-hybridized carbons (Fsp3) is 0.167. The Balaban J connectivity index is 2.09. The minimum absolute atomic E-state index is 0.0392. The summed E-state index contributed by atoms with van der Waals surface area (Å²) in [5.74, 6) is -0.0392. The first-order valence-electron chi connectivity index (χ1n) is 5.17. The summed E-state index contributed by atoms with van der Waals surface area (Å²) >= 11 is 10.6. The molecule has 0 saturated heterocycles. The van der Waals surface area contributed by atoms with E-state index in [0.717, 1.165) is 9.21 Å². The van der Waals surface area contributed by atoms with E-state index < -0.39 is 0 Å². The van der Waals surface area contributed by atoms with Crippen LogP contribution in [0.2, 0.25) is 4.34 Å². The molecule has 2 aromatic rings. The van der Waals surface area contributed by atoms with Crippen LogP contribution in [0.1, 0.15) is 15.2 Å². The van der Waals surface area contributed by atoms with E-state index in [-0.39, 0.29) is 5.91 Å². The standard InChI is InChI=1S/C12H10BrClN2OS/c1-16(7-9-2-3-11(14)18-9)12(17)8-4-5-15-10(13)6-8/h2-6H,7H2,1H3. The van der Waals surface area contributed by atoms with Gasteiger partial charge in [0.2, 0.25) is 0 Å². The highest BCUT2D eigenvalue weighted by molar-refractivity contribution is 9.10. The minimum atomic E-state index is -0.0392. The maximum Gasteiger partial charge on any atom is 0.254 e. The summed E-state index contributed by atoms with van der Waals surface area (Å²) in [4.78, 5) is 18.9. The second kappa shape index (κ2) is 5.82. The molecule has 1 amide bonds. The molecule has 0 saturated carbocycles. The third kappa shape index (κ3) is 3.31. The van der Waals surface area contributed by atoms with Gasteiger partial charge in [-0.3, -0.25) is 4.79 Å². The molecule has 0 aliphatic carbocycles. The van der Waals surface area contributed by atoms with E-state index in [1.807, 2.05) is 12.1 Å². The Kier molecular flexibility index (Phi) is 4.37. The van der Waals surface area contributed by atoms with Crippen molar-refractivity contribution in [3.63, 3.8) is 0 Å². The van der Waals surface area contributed by atoms with Crippen LogP contribution in [-0.2, 0) is 6.54 Å². The van der Waals surface area contributed by atoms with Gasteiger partial charge in [-0.1, -0.05) is 11.6 Å². The lowest BCUT2D eigenvalue weighted by molar-refractivity contribution is 0.0786. The fourth-order valence-electron chi connectivity index (χ4n) is 1.50. The molecule has 0 unspecified atom stereocenters. The fourth-order valence-corrected chi connectivity index (χ4v) is 3.00. The molecule has 2 rings (SSSR count). The number of aromatic nitrogens is 1. The molecule has 18 heavy (non-hydrogen) atoms. The van der Waals surface area contributed by atoms with Gasteiger partial charge < -0.3 is 4.90 Å². The minimum Gasteiger partial charge on any atom is -0.337 e. The first-order chi connectivity index (χ1) is 8.56. The predicted molar refractivity (Wildman–Crippen MR) is 77.1 cm³/mol. The maximum absolute atomic E-state index is 12.2. The molecule has 0 N–H and O–H groups in total. The third-order valence-corrected chi connectivity index (χ3v) is 3.99. The smallest absolute Gasteiger partial charge is 0.254 e. The number of nitrogens with zero attached hydrogens (tertiary/aromatic N) is 2. The molecule has 2 aromatic heterocycles. The van der Waals surface area contributed by atoms with Gasteiger partial charge in [0.1, 0.15) is 4.60 Å². The maximum atomic E-state index is 12.2. The van der Waals surface area contributed by atoms with Crippen LogP contribution in [0.5, 0.6) is 0 Å². The first-order valence-corrected chi connectivity index (χ1v) is 7.16. The third-order valence-electron chi connectivity index (χ3n) is 2.34. The zero-order valence-corrected chi connectivity index (χ0v) is 12.7. The molecule has 0 bridgehead atoms. The van der Waals surface area contributed by atoms with Crippen LogP contribution >= 0.6 is 38.9 Å². The molecular formula is C12H10BrClN2OS. The predicted octanol–water partition coefficient (Wildman–Crippen LogP) is 3.83. The Morgan fingerprint density at radius 1 is 1.50 bits per heavy atom. The van der Waals surface area contributed by atoms with Crippen LogP contribution < -0.4 is 0 Å². The van der Waals surface area contributed by atoms with Gasteiger partial charge in [0, 0.05) is 23.7 Å². The molecule has 0 radical (unpaired) electrons. The topological polar surface area (TPSA) is 33.2 Å². The van der Waals surface area contributed by atoms with Gasteiger partial charge in [0.25, 0.3) is 5.91 Å². The Labute approximate surface area is 123 Å². The Morgan fingerprint density at radius 3 is 2.89 bits per heavy atom. The number of thiophene rings is 1. The van der Waals surface area contributed by atoms with Gasteiger partial charge in [0.05, 0.1) is 10.9 Å². The van der Waals surface area contributed by atoms with Crippen LogP contribution in [0, 0.1) is 0 Å². The van der Waals surface area contributed by atoms with E-state index in [1.165, 1.54) is 11.3 Å². The average molecular weight is 346 g/mol. The molecule has 0 aliphatic heterocycles. The van der Waals surface area contributed by atoms with Gasteiger partial charge >= 0.3 is 0 Å². The monoisotopic (exact) mass is 344 g/mol. The lowest BCUT2D eigenvalue weighted by Gasteiger charge is -2.16. The molecule has 0 atom stereocenters. The van der Waals surface area contributed by atoms with E-state index in [2.05, 4.69) is 20.9 Å². The number of hydrogen-bond donors (Lipinski definition) is 0. The quantitative estimate of drug-likeness (QED) is 0.792. The van der Waals surface area contributed by atoms with Gasteiger partial charge in [-0.15, -0.1) is 11.3 Å². The zero-order chi connectivity index (χ0) is 13.1. The molecule has 6 heteroatoms. The molecule has 2 heterocycles. The largest absolute Gasteiger partial charge is 0.337 e. The summed E-state index contributed by atoms with van der Waals surface area (Å²) in [5, 5.41) is 0. The number of carbonyl (C=O) groups excluding carboxylic acids is 1. The van der Waals surface area contributed by atoms with Gasteiger partial charge in [-0.05, 0) is 40.2 Å². The summed E-state index contributed by atoms with van der Waals surface area (Å²) in [6.45, 7) is 0.552. The number of rotatable bonds is 3. The Bertz CT molecular complexity index is 573. The Hall–Kier alpha value is -0.910. The molecule has 3 nitrogen and oxygen atoms in total. The lowest BCUT2D eigenvalue weighted by atomic mass is 10.2. The molecule has 0 aromatic carbocycles. The van der Waals surface area contributed by atoms with Crippen molar-refractivity contribution in [1.29, 1.82) is 0 Å². The van der Waals surface area contributed by atoms with Crippen LogP contribution in [0.25, 0.3) is 0 Å². The van der Waals surface area contributed by atoms with E-state index in [9.17, 15) is 4.79 Å². The van der Waals surface area contributed by atoms with Crippen LogP contribution in [-0.4, -0.2) is 22.8 Å². The van der Waals surface area contributed by atoms with E-state index in [1.54, 1.807) is 30.3 Å². The van der Waals surface area contributed by atoms with Crippen molar-refractivity contribution in [3.05, 3.63) is 49.8 Å².